The number of aromatic nitrogens is 2. The molecule has 4 amide bonds. The second-order valence-electron chi connectivity index (χ2n) is 8.07. The van der Waals surface area contributed by atoms with Gasteiger partial charge in [-0.1, -0.05) is 0 Å². The van der Waals surface area contributed by atoms with E-state index in [2.05, 4.69) is 14.7 Å². The monoisotopic (exact) mass is 487 g/mol. The zero-order valence-electron chi connectivity index (χ0n) is 18.3. The van der Waals surface area contributed by atoms with Crippen molar-refractivity contribution in [2.75, 3.05) is 46.8 Å². The standard InChI is InChI=1S/C17H25N7O8S/c1-20(2)15(25)14-13-12(11-8-23(14)16(26)24(11)32-33(28,29)30)10(19-21(13)3)9-31-17(27)22-6-4-18-5-7-22/h11,14,18H,4-9H2,1-3H3,(H,28,29,30). The summed E-state index contributed by atoms with van der Waals surface area (Å²) in [6.45, 7) is 1.91. The number of amides is 4. The smallest absolute Gasteiger partial charge is 0.418 e. The Balaban J connectivity index is 1.70. The summed E-state index contributed by atoms with van der Waals surface area (Å²) in [7, 11) is -0.411. The molecule has 15 nitrogen and oxygen atoms in total. The molecule has 0 radical (unpaired) electrons. The number of likely N-dealkylation sites (N-methyl/N-ethyl adjacent to an activating group) is 1. The minimum Gasteiger partial charge on any atom is -0.443 e. The molecule has 0 aromatic carbocycles. The van der Waals surface area contributed by atoms with Crippen LogP contribution in [-0.2, 0) is 37.9 Å². The normalized spacial score (nSPS) is 22.4. The Hall–Kier alpha value is -2.95. The first-order valence-electron chi connectivity index (χ1n) is 10.2. The molecule has 182 valence electrons. The number of rotatable bonds is 5. The molecule has 2 atom stereocenters. The molecule has 1 aromatic heterocycles. The van der Waals surface area contributed by atoms with Gasteiger partial charge in [-0.3, -0.25) is 14.0 Å². The highest BCUT2D eigenvalue weighted by molar-refractivity contribution is 7.80. The van der Waals surface area contributed by atoms with E-state index in [-0.39, 0.29) is 18.8 Å². The van der Waals surface area contributed by atoms with E-state index < -0.39 is 40.5 Å². The van der Waals surface area contributed by atoms with E-state index in [1.54, 1.807) is 11.9 Å². The summed E-state index contributed by atoms with van der Waals surface area (Å²) in [5.41, 5.74) is 0.917. The summed E-state index contributed by atoms with van der Waals surface area (Å²) >= 11 is 0. The highest BCUT2D eigenvalue weighted by Crippen LogP contribution is 2.46. The first kappa shape index (κ1) is 23.2. The number of piperazine rings is 1. The third-order valence-corrected chi connectivity index (χ3v) is 6.10. The van der Waals surface area contributed by atoms with Crippen molar-refractivity contribution in [3.8, 4) is 0 Å². The first-order valence-corrected chi connectivity index (χ1v) is 11.5. The summed E-state index contributed by atoms with van der Waals surface area (Å²) in [4.78, 5) is 42.3. The number of hydrogen-bond acceptors (Lipinski definition) is 9. The van der Waals surface area contributed by atoms with Gasteiger partial charge in [-0.25, -0.2) is 9.59 Å². The number of hydrogen-bond donors (Lipinski definition) is 2. The number of fused-ring (bicyclic) bond motifs is 4. The van der Waals surface area contributed by atoms with Crippen LogP contribution in [0.1, 0.15) is 29.0 Å². The summed E-state index contributed by atoms with van der Waals surface area (Å²) in [5.74, 6) is -0.441. The molecule has 33 heavy (non-hydrogen) atoms. The number of hydroxylamine groups is 2. The molecular formula is C17H25N7O8S. The SMILES string of the molecule is CN(C)C(=O)C1c2c(c(COC(=O)N3CCNCC3)nn2C)C2CN1C(=O)N2OS(=O)(=O)O. The Morgan fingerprint density at radius 3 is 2.55 bits per heavy atom. The van der Waals surface area contributed by atoms with E-state index in [1.165, 1.54) is 23.7 Å². The summed E-state index contributed by atoms with van der Waals surface area (Å²) < 4.78 is 43.3. The number of nitrogens with zero attached hydrogens (tertiary/aromatic N) is 6. The summed E-state index contributed by atoms with van der Waals surface area (Å²) in [6, 6.07) is -3.01. The predicted octanol–water partition coefficient (Wildman–Crippen LogP) is -1.38. The molecule has 3 aliphatic heterocycles. The lowest BCUT2D eigenvalue weighted by atomic mass is 9.94. The van der Waals surface area contributed by atoms with Crippen LogP contribution in [0.3, 0.4) is 0 Å². The molecule has 16 heteroatoms. The van der Waals surface area contributed by atoms with Crippen molar-refractivity contribution in [1.29, 1.82) is 0 Å². The van der Waals surface area contributed by atoms with Crippen molar-refractivity contribution >= 4 is 28.4 Å². The minimum atomic E-state index is -5.02. The topological polar surface area (TPSA) is 167 Å². The predicted molar refractivity (Wildman–Crippen MR) is 109 cm³/mol. The Bertz CT molecular complexity index is 1080. The molecule has 2 N–H and O–H groups in total. The number of ether oxygens (including phenoxy) is 1. The Kier molecular flexibility index (Phi) is 5.94. The summed E-state index contributed by atoms with van der Waals surface area (Å²) in [5, 5.41) is 8.01. The van der Waals surface area contributed by atoms with E-state index >= 15 is 0 Å². The van der Waals surface area contributed by atoms with Crippen molar-refractivity contribution < 1.29 is 36.4 Å². The van der Waals surface area contributed by atoms with Gasteiger partial charge in [-0.15, -0.1) is 4.28 Å². The average molecular weight is 487 g/mol. The second-order valence-corrected chi connectivity index (χ2v) is 9.08. The van der Waals surface area contributed by atoms with Crippen LogP contribution in [0.2, 0.25) is 0 Å². The van der Waals surface area contributed by atoms with Gasteiger partial charge in [0.1, 0.15) is 18.3 Å². The van der Waals surface area contributed by atoms with Gasteiger partial charge in [-0.2, -0.15) is 18.6 Å². The minimum absolute atomic E-state index is 0.0873. The van der Waals surface area contributed by atoms with Crippen molar-refractivity contribution in [2.45, 2.75) is 18.7 Å². The van der Waals surface area contributed by atoms with E-state index in [4.69, 9.17) is 4.74 Å². The maximum absolute atomic E-state index is 13.0. The molecule has 1 aromatic rings. The van der Waals surface area contributed by atoms with Gasteiger partial charge in [0.05, 0.1) is 12.2 Å². The van der Waals surface area contributed by atoms with Crippen molar-refractivity contribution in [2.24, 2.45) is 7.05 Å². The number of urea groups is 1. The molecule has 4 rings (SSSR count). The van der Waals surface area contributed by atoms with Gasteiger partial charge < -0.3 is 24.8 Å². The molecule has 0 saturated carbocycles. The van der Waals surface area contributed by atoms with Crippen LogP contribution >= 0.6 is 0 Å². The number of carbonyl (C=O) groups is 3. The average Bonchev–Trinajstić information content (AvgIpc) is 3.22. The van der Waals surface area contributed by atoms with E-state index in [0.29, 0.717) is 42.5 Å². The molecule has 0 spiro atoms. The Morgan fingerprint density at radius 1 is 1.27 bits per heavy atom. The van der Waals surface area contributed by atoms with Crippen LogP contribution < -0.4 is 5.32 Å². The van der Waals surface area contributed by atoms with Crippen LogP contribution in [0.4, 0.5) is 9.59 Å². The maximum atomic E-state index is 13.0. The van der Waals surface area contributed by atoms with Crippen LogP contribution in [0, 0.1) is 0 Å². The molecule has 0 aliphatic carbocycles. The molecule has 2 saturated heterocycles. The zero-order chi connectivity index (χ0) is 24.1. The molecule has 3 aliphatic rings. The van der Waals surface area contributed by atoms with Crippen molar-refractivity contribution in [1.82, 2.24) is 34.9 Å². The lowest BCUT2D eigenvalue weighted by molar-refractivity contribution is -0.134. The fraction of sp³-hybridized carbons (Fsp3) is 0.647. The third-order valence-electron chi connectivity index (χ3n) is 5.75. The van der Waals surface area contributed by atoms with Gasteiger partial charge in [0.15, 0.2) is 6.04 Å². The Labute approximate surface area is 189 Å². The fourth-order valence-corrected chi connectivity index (χ4v) is 4.69. The summed E-state index contributed by atoms with van der Waals surface area (Å²) in [6.07, 6.45) is -0.539. The second kappa shape index (κ2) is 8.44. The molecule has 4 heterocycles. The highest BCUT2D eigenvalue weighted by Gasteiger charge is 2.55. The Morgan fingerprint density at radius 2 is 1.94 bits per heavy atom. The lowest BCUT2D eigenvalue weighted by Gasteiger charge is -2.32. The molecular weight excluding hydrogens is 462 g/mol. The first-order chi connectivity index (χ1) is 15.5. The van der Waals surface area contributed by atoms with Gasteiger partial charge in [0.2, 0.25) is 0 Å². The molecule has 2 fully saturated rings. The number of aryl methyl sites for hydroxylation is 1. The van der Waals surface area contributed by atoms with Crippen molar-refractivity contribution in [3.05, 3.63) is 17.0 Å². The van der Waals surface area contributed by atoms with E-state index in [9.17, 15) is 27.4 Å². The van der Waals surface area contributed by atoms with E-state index in [0.717, 1.165) is 4.90 Å². The third kappa shape index (κ3) is 4.21. The van der Waals surface area contributed by atoms with Crippen LogP contribution in [0.25, 0.3) is 0 Å². The van der Waals surface area contributed by atoms with E-state index in [1.807, 2.05) is 0 Å². The van der Waals surface area contributed by atoms with Gasteiger partial charge in [-0.05, 0) is 0 Å². The highest BCUT2D eigenvalue weighted by atomic mass is 32.3. The quantitative estimate of drug-likeness (QED) is 0.472. The van der Waals surface area contributed by atoms with Gasteiger partial charge in [0, 0.05) is 52.9 Å². The zero-order valence-corrected chi connectivity index (χ0v) is 19.1. The maximum Gasteiger partial charge on any atom is 0.418 e. The van der Waals surface area contributed by atoms with Gasteiger partial charge in [0.25, 0.3) is 5.91 Å². The number of nitrogens with one attached hydrogen (secondary N) is 1. The van der Waals surface area contributed by atoms with Crippen LogP contribution in [0.15, 0.2) is 0 Å². The largest absolute Gasteiger partial charge is 0.443 e. The fourth-order valence-electron chi connectivity index (χ4n) is 4.32. The van der Waals surface area contributed by atoms with Crippen LogP contribution in [0.5, 0.6) is 0 Å². The molecule has 2 bridgehead atoms. The van der Waals surface area contributed by atoms with Crippen LogP contribution in [-0.4, -0.2) is 107 Å². The number of carbonyl (C=O) groups excluding carboxylic acids is 3. The van der Waals surface area contributed by atoms with Crippen molar-refractivity contribution in [3.63, 3.8) is 0 Å². The lowest BCUT2D eigenvalue weighted by Crippen LogP contribution is -2.46. The van der Waals surface area contributed by atoms with Gasteiger partial charge >= 0.3 is 22.5 Å². The molecule has 2 unspecified atom stereocenters.